The third-order valence-electron chi connectivity index (χ3n) is 3.09. The number of benzene rings is 2. The van der Waals surface area contributed by atoms with Crippen molar-refractivity contribution in [1.82, 2.24) is 10.1 Å². The minimum Gasteiger partial charge on any atom is -0.423 e. The van der Waals surface area contributed by atoms with Crippen LogP contribution in [-0.4, -0.2) is 27.3 Å². The lowest BCUT2D eigenvalue weighted by molar-refractivity contribution is 0.425. The first-order chi connectivity index (χ1) is 10.6. The second-order valence-corrected chi connectivity index (χ2v) is 5.27. The van der Waals surface area contributed by atoms with Gasteiger partial charge in [0.25, 0.3) is 5.89 Å². The van der Waals surface area contributed by atoms with Gasteiger partial charge in [0, 0.05) is 5.56 Å². The third kappa shape index (κ3) is 2.74. The monoisotopic (exact) mass is 334 g/mol. The number of aromatic nitrogens is 2. The molecule has 0 amide bonds. The molecule has 110 valence electrons. The summed E-state index contributed by atoms with van der Waals surface area (Å²) in [6.45, 7) is 0. The fourth-order valence-corrected chi connectivity index (χ4v) is 2.42. The van der Waals surface area contributed by atoms with Crippen molar-refractivity contribution in [3.63, 3.8) is 0 Å². The molecule has 8 heteroatoms. The first kappa shape index (κ1) is 15.1. The Morgan fingerprint density at radius 1 is 0.955 bits per heavy atom. The largest absolute Gasteiger partial charge is 0.489 e. The zero-order valence-corrected chi connectivity index (χ0v) is 12.6. The van der Waals surface area contributed by atoms with Gasteiger partial charge < -0.3 is 14.6 Å². The van der Waals surface area contributed by atoms with Crippen LogP contribution in [0.4, 0.5) is 0 Å². The molecule has 0 saturated heterocycles. The molecule has 0 aliphatic rings. The Balaban J connectivity index is 2.07. The zero-order chi connectivity index (χ0) is 15.7. The molecule has 2 aromatic carbocycles. The van der Waals surface area contributed by atoms with E-state index < -0.39 is 7.12 Å². The number of nitrogens with zero attached hydrogens (tertiary/aromatic N) is 2. The summed E-state index contributed by atoms with van der Waals surface area (Å²) < 4.78 is 5.21. The molecule has 5 nitrogen and oxygen atoms in total. The Hall–Kier alpha value is -1.86. The normalized spacial score (nSPS) is 10.7. The molecule has 1 aromatic heterocycles. The molecule has 3 aromatic rings. The van der Waals surface area contributed by atoms with Gasteiger partial charge in [0.15, 0.2) is 0 Å². The molecule has 0 fully saturated rings. The first-order valence-electron chi connectivity index (χ1n) is 6.31. The highest BCUT2D eigenvalue weighted by Crippen LogP contribution is 2.33. The van der Waals surface area contributed by atoms with Crippen molar-refractivity contribution >= 4 is 35.8 Å². The highest BCUT2D eigenvalue weighted by atomic mass is 35.5. The lowest BCUT2D eigenvalue weighted by atomic mass is 9.77. The van der Waals surface area contributed by atoms with E-state index in [0.717, 1.165) is 0 Å². The number of hydrogen-bond acceptors (Lipinski definition) is 5. The van der Waals surface area contributed by atoms with Crippen LogP contribution in [0.3, 0.4) is 0 Å². The predicted molar refractivity (Wildman–Crippen MR) is 85.0 cm³/mol. The molecule has 0 radical (unpaired) electrons. The highest BCUT2D eigenvalue weighted by molar-refractivity contribution is 6.60. The molecule has 0 saturated carbocycles. The second kappa shape index (κ2) is 6.10. The summed E-state index contributed by atoms with van der Waals surface area (Å²) in [7, 11) is -1.63. The molecular formula is C14H9BCl2N2O3. The van der Waals surface area contributed by atoms with Crippen molar-refractivity contribution in [1.29, 1.82) is 0 Å². The predicted octanol–water partition coefficient (Wildman–Crippen LogP) is 2.39. The second-order valence-electron chi connectivity index (χ2n) is 4.49. The van der Waals surface area contributed by atoms with Gasteiger partial charge in [0.2, 0.25) is 5.82 Å². The highest BCUT2D eigenvalue weighted by Gasteiger charge is 2.21. The van der Waals surface area contributed by atoms with Crippen LogP contribution in [0, 0.1) is 0 Å². The number of halogens is 2. The molecule has 1 heterocycles. The maximum Gasteiger partial charge on any atom is 0.489 e. The molecule has 0 aliphatic carbocycles. The van der Waals surface area contributed by atoms with Gasteiger partial charge in [-0.1, -0.05) is 58.7 Å². The van der Waals surface area contributed by atoms with E-state index >= 15 is 0 Å². The van der Waals surface area contributed by atoms with E-state index in [0.29, 0.717) is 21.2 Å². The van der Waals surface area contributed by atoms with Crippen LogP contribution in [0.5, 0.6) is 0 Å². The number of rotatable bonds is 3. The van der Waals surface area contributed by atoms with Crippen LogP contribution in [0.2, 0.25) is 10.0 Å². The Bertz CT molecular complexity index is 823. The van der Waals surface area contributed by atoms with E-state index in [2.05, 4.69) is 10.1 Å². The van der Waals surface area contributed by atoms with Gasteiger partial charge in [-0.15, -0.1) is 0 Å². The first-order valence-corrected chi connectivity index (χ1v) is 7.07. The minimum atomic E-state index is -1.63. The summed E-state index contributed by atoms with van der Waals surface area (Å²) in [4.78, 5) is 4.25. The van der Waals surface area contributed by atoms with Crippen LogP contribution >= 0.6 is 23.2 Å². The Labute approximate surface area is 136 Å². The molecule has 0 aliphatic heterocycles. The molecule has 3 rings (SSSR count). The number of hydrogen-bond donors (Lipinski definition) is 2. The van der Waals surface area contributed by atoms with Crippen LogP contribution in [0.1, 0.15) is 0 Å². The van der Waals surface area contributed by atoms with Gasteiger partial charge in [-0.05, 0) is 17.6 Å². The fourth-order valence-electron chi connectivity index (χ4n) is 2.04. The van der Waals surface area contributed by atoms with E-state index in [-0.39, 0.29) is 17.2 Å². The molecule has 0 bridgehead atoms. The van der Waals surface area contributed by atoms with Crippen molar-refractivity contribution in [2.45, 2.75) is 0 Å². The Kier molecular flexibility index (Phi) is 4.17. The summed E-state index contributed by atoms with van der Waals surface area (Å²) >= 11 is 12.1. The summed E-state index contributed by atoms with van der Waals surface area (Å²) in [6.07, 6.45) is 0. The topological polar surface area (TPSA) is 79.4 Å². The van der Waals surface area contributed by atoms with E-state index in [1.54, 1.807) is 42.5 Å². The van der Waals surface area contributed by atoms with Crippen molar-refractivity contribution in [2.24, 2.45) is 0 Å². The average molecular weight is 335 g/mol. The van der Waals surface area contributed by atoms with Crippen LogP contribution < -0.4 is 5.46 Å². The van der Waals surface area contributed by atoms with E-state index in [1.807, 2.05) is 0 Å². The van der Waals surface area contributed by atoms with Crippen molar-refractivity contribution in [2.75, 3.05) is 0 Å². The summed E-state index contributed by atoms with van der Waals surface area (Å²) in [6, 6.07) is 11.8. The SMILES string of the molecule is OB(O)c1ccccc1-c1noc(-c2cccc(Cl)c2Cl)n1. The van der Waals surface area contributed by atoms with Gasteiger partial charge in [0.1, 0.15) is 0 Å². The molecule has 0 spiro atoms. The summed E-state index contributed by atoms with van der Waals surface area (Å²) in [5.41, 5.74) is 1.26. The van der Waals surface area contributed by atoms with Crippen LogP contribution in [0.15, 0.2) is 47.0 Å². The van der Waals surface area contributed by atoms with Gasteiger partial charge in [0.05, 0.1) is 15.6 Å². The quantitative estimate of drug-likeness (QED) is 0.719. The van der Waals surface area contributed by atoms with E-state index in [4.69, 9.17) is 27.7 Å². The van der Waals surface area contributed by atoms with E-state index in [9.17, 15) is 10.0 Å². The van der Waals surface area contributed by atoms with Crippen molar-refractivity contribution in [3.05, 3.63) is 52.5 Å². The summed E-state index contributed by atoms with van der Waals surface area (Å²) in [5, 5.41) is 23.4. The molecule has 2 N–H and O–H groups in total. The molecule has 0 unspecified atom stereocenters. The molecule has 0 atom stereocenters. The Morgan fingerprint density at radius 2 is 1.68 bits per heavy atom. The van der Waals surface area contributed by atoms with Gasteiger partial charge in [-0.3, -0.25) is 0 Å². The van der Waals surface area contributed by atoms with Crippen molar-refractivity contribution in [3.8, 4) is 22.8 Å². The van der Waals surface area contributed by atoms with Crippen molar-refractivity contribution < 1.29 is 14.6 Å². The van der Waals surface area contributed by atoms with Gasteiger partial charge in [-0.25, -0.2) is 0 Å². The maximum atomic E-state index is 9.40. The van der Waals surface area contributed by atoms with E-state index in [1.165, 1.54) is 0 Å². The lowest BCUT2D eigenvalue weighted by Gasteiger charge is -2.03. The van der Waals surface area contributed by atoms with Crippen LogP contribution in [-0.2, 0) is 0 Å². The average Bonchev–Trinajstić information content (AvgIpc) is 2.99. The lowest BCUT2D eigenvalue weighted by Crippen LogP contribution is -2.31. The maximum absolute atomic E-state index is 9.40. The fraction of sp³-hybridized carbons (Fsp3) is 0. The standard InChI is InChI=1S/C14H9BCl2N2O3/c16-11-7-3-5-9(12(11)17)14-18-13(19-22-14)8-4-1-2-6-10(8)15(20)21/h1-7,20-21H. The smallest absolute Gasteiger partial charge is 0.423 e. The zero-order valence-electron chi connectivity index (χ0n) is 11.1. The van der Waals surface area contributed by atoms with Crippen LogP contribution in [0.25, 0.3) is 22.8 Å². The van der Waals surface area contributed by atoms with Gasteiger partial charge >= 0.3 is 7.12 Å². The molecular weight excluding hydrogens is 326 g/mol. The Morgan fingerprint density at radius 3 is 2.45 bits per heavy atom. The minimum absolute atomic E-state index is 0.199. The molecule has 22 heavy (non-hydrogen) atoms. The van der Waals surface area contributed by atoms with Gasteiger partial charge in [-0.2, -0.15) is 4.98 Å². The summed E-state index contributed by atoms with van der Waals surface area (Å²) in [5.74, 6) is 0.430. The third-order valence-corrected chi connectivity index (χ3v) is 3.91.